The number of nitrogens with one attached hydrogen (secondary N) is 1. The average molecular weight is 225 g/mol. The molecule has 15 heavy (non-hydrogen) atoms. The lowest BCUT2D eigenvalue weighted by Gasteiger charge is -2.08. The summed E-state index contributed by atoms with van der Waals surface area (Å²) < 4.78 is 13.2. The van der Waals surface area contributed by atoms with Crippen LogP contribution in [0.4, 0.5) is 10.1 Å². The molecule has 2 nitrogen and oxygen atoms in total. The number of hydrogen-bond acceptors (Lipinski definition) is 2. The molecule has 4 heteroatoms. The van der Waals surface area contributed by atoms with E-state index in [2.05, 4.69) is 10.3 Å². The normalized spacial score (nSPS) is 10.6. The van der Waals surface area contributed by atoms with E-state index in [4.69, 9.17) is 11.6 Å². The monoisotopic (exact) mass is 224 g/mol. The third-order valence-corrected chi connectivity index (χ3v) is 2.42. The predicted octanol–water partition coefficient (Wildman–Crippen LogP) is 3.46. The minimum absolute atomic E-state index is 0.338. The summed E-state index contributed by atoms with van der Waals surface area (Å²) in [5.41, 5.74) is 1.47. The first-order valence-corrected chi connectivity index (χ1v) is 5.08. The fourth-order valence-electron chi connectivity index (χ4n) is 1.52. The number of benzene rings is 1. The largest absolute Gasteiger partial charge is 0.385 e. The zero-order chi connectivity index (χ0) is 10.8. The van der Waals surface area contributed by atoms with E-state index >= 15 is 0 Å². The van der Waals surface area contributed by atoms with Gasteiger partial charge in [-0.2, -0.15) is 0 Å². The Balaban J connectivity index is 2.73. The topological polar surface area (TPSA) is 24.9 Å². The van der Waals surface area contributed by atoms with Crippen LogP contribution in [-0.4, -0.2) is 11.5 Å². The molecule has 0 radical (unpaired) electrons. The number of halogens is 2. The van der Waals surface area contributed by atoms with Crippen LogP contribution >= 0.6 is 11.6 Å². The van der Waals surface area contributed by atoms with Crippen molar-refractivity contribution in [3.05, 3.63) is 35.2 Å². The highest BCUT2D eigenvalue weighted by Gasteiger charge is 2.06. The molecule has 0 saturated carbocycles. The van der Waals surface area contributed by atoms with Crippen LogP contribution in [0, 0.1) is 5.82 Å². The van der Waals surface area contributed by atoms with Crippen molar-refractivity contribution in [3.63, 3.8) is 0 Å². The molecule has 0 amide bonds. The summed E-state index contributed by atoms with van der Waals surface area (Å²) in [7, 11) is 0. The van der Waals surface area contributed by atoms with Crippen LogP contribution in [0.15, 0.2) is 24.4 Å². The van der Waals surface area contributed by atoms with Crippen LogP contribution in [0.2, 0.25) is 5.02 Å². The molecule has 0 aliphatic heterocycles. The Kier molecular flexibility index (Phi) is 2.73. The van der Waals surface area contributed by atoms with Crippen LogP contribution in [-0.2, 0) is 0 Å². The number of fused-ring (bicyclic) bond motifs is 1. The van der Waals surface area contributed by atoms with E-state index in [1.54, 1.807) is 6.20 Å². The van der Waals surface area contributed by atoms with Crippen molar-refractivity contribution in [1.29, 1.82) is 0 Å². The summed E-state index contributed by atoms with van der Waals surface area (Å²) in [6.45, 7) is 2.75. The van der Waals surface area contributed by atoms with Gasteiger partial charge >= 0.3 is 0 Å². The van der Waals surface area contributed by atoms with Crippen LogP contribution < -0.4 is 5.32 Å². The van der Waals surface area contributed by atoms with Crippen molar-refractivity contribution in [1.82, 2.24) is 4.98 Å². The van der Waals surface area contributed by atoms with Gasteiger partial charge in [-0.05, 0) is 25.1 Å². The van der Waals surface area contributed by atoms with Crippen LogP contribution in [0.5, 0.6) is 0 Å². The molecule has 78 valence electrons. The first-order chi connectivity index (χ1) is 7.22. The first-order valence-electron chi connectivity index (χ1n) is 4.70. The summed E-state index contributed by atoms with van der Waals surface area (Å²) >= 11 is 5.90. The third kappa shape index (κ3) is 1.88. The van der Waals surface area contributed by atoms with Crippen LogP contribution in [0.1, 0.15) is 6.92 Å². The van der Waals surface area contributed by atoms with Gasteiger partial charge in [0.15, 0.2) is 0 Å². The predicted molar refractivity (Wildman–Crippen MR) is 60.9 cm³/mol. The van der Waals surface area contributed by atoms with E-state index in [1.807, 2.05) is 13.0 Å². The standard InChI is InChI=1S/C11H10ClFN2/c1-2-14-10-3-4-15-11-8(10)5-7(13)6-9(11)12/h3-6H,2H2,1H3,(H,14,15). The molecule has 0 aliphatic rings. The van der Waals surface area contributed by atoms with Gasteiger partial charge in [0.2, 0.25) is 0 Å². The Bertz CT molecular complexity index is 499. The van der Waals surface area contributed by atoms with E-state index in [0.717, 1.165) is 12.2 Å². The molecule has 0 fully saturated rings. The maximum absolute atomic E-state index is 13.2. The van der Waals surface area contributed by atoms with Crippen molar-refractivity contribution in [3.8, 4) is 0 Å². The highest BCUT2D eigenvalue weighted by atomic mass is 35.5. The lowest BCUT2D eigenvalue weighted by atomic mass is 10.2. The van der Waals surface area contributed by atoms with Gasteiger partial charge in [0, 0.05) is 23.8 Å². The number of anilines is 1. The van der Waals surface area contributed by atoms with Crippen molar-refractivity contribution in [2.24, 2.45) is 0 Å². The van der Waals surface area contributed by atoms with E-state index in [0.29, 0.717) is 15.9 Å². The van der Waals surface area contributed by atoms with Gasteiger partial charge in [-0.25, -0.2) is 4.39 Å². The molecule has 0 bridgehead atoms. The summed E-state index contributed by atoms with van der Waals surface area (Å²) in [5.74, 6) is -0.348. The van der Waals surface area contributed by atoms with Gasteiger partial charge in [-0.1, -0.05) is 11.6 Å². The fraction of sp³-hybridized carbons (Fsp3) is 0.182. The molecular formula is C11H10ClFN2. The molecule has 0 saturated heterocycles. The first kappa shape index (κ1) is 10.2. The summed E-state index contributed by atoms with van der Waals surface area (Å²) in [5, 5.41) is 4.19. The maximum atomic E-state index is 13.2. The number of rotatable bonds is 2. The number of aromatic nitrogens is 1. The van der Waals surface area contributed by atoms with Crippen LogP contribution in [0.3, 0.4) is 0 Å². The fourth-order valence-corrected chi connectivity index (χ4v) is 1.78. The molecular weight excluding hydrogens is 215 g/mol. The quantitative estimate of drug-likeness (QED) is 0.845. The molecule has 0 atom stereocenters. The third-order valence-electron chi connectivity index (χ3n) is 2.13. The summed E-state index contributed by atoms with van der Waals surface area (Å²) in [6.07, 6.45) is 1.66. The maximum Gasteiger partial charge on any atom is 0.125 e. The van der Waals surface area contributed by atoms with Gasteiger partial charge < -0.3 is 5.32 Å². The Hall–Kier alpha value is -1.35. The van der Waals surface area contributed by atoms with E-state index < -0.39 is 0 Å². The Labute approximate surface area is 92.1 Å². The Morgan fingerprint density at radius 1 is 1.47 bits per heavy atom. The van der Waals surface area contributed by atoms with Crippen molar-refractivity contribution < 1.29 is 4.39 Å². The zero-order valence-corrected chi connectivity index (χ0v) is 8.98. The number of pyridine rings is 1. The smallest absolute Gasteiger partial charge is 0.125 e. The zero-order valence-electron chi connectivity index (χ0n) is 8.22. The van der Waals surface area contributed by atoms with Gasteiger partial charge in [-0.3, -0.25) is 4.98 Å². The van der Waals surface area contributed by atoms with Gasteiger partial charge in [0.1, 0.15) is 5.82 Å². The molecule has 1 aromatic carbocycles. The van der Waals surface area contributed by atoms with Crippen molar-refractivity contribution >= 4 is 28.2 Å². The molecule has 2 aromatic rings. The second-order valence-electron chi connectivity index (χ2n) is 3.17. The summed E-state index contributed by atoms with van der Waals surface area (Å²) in [4.78, 5) is 4.13. The number of hydrogen-bond donors (Lipinski definition) is 1. The molecule has 1 aromatic heterocycles. The van der Waals surface area contributed by atoms with Gasteiger partial charge in [0.05, 0.1) is 10.5 Å². The average Bonchev–Trinajstić information content (AvgIpc) is 2.19. The second-order valence-corrected chi connectivity index (χ2v) is 3.58. The molecule has 0 unspecified atom stereocenters. The van der Waals surface area contributed by atoms with E-state index in [9.17, 15) is 4.39 Å². The Morgan fingerprint density at radius 3 is 3.00 bits per heavy atom. The number of nitrogens with zero attached hydrogens (tertiary/aromatic N) is 1. The minimum atomic E-state index is -0.348. The van der Waals surface area contributed by atoms with Crippen molar-refractivity contribution in [2.45, 2.75) is 6.92 Å². The van der Waals surface area contributed by atoms with Gasteiger partial charge in [-0.15, -0.1) is 0 Å². The molecule has 2 rings (SSSR count). The minimum Gasteiger partial charge on any atom is -0.385 e. The summed E-state index contributed by atoms with van der Waals surface area (Å²) in [6, 6.07) is 4.51. The lowest BCUT2D eigenvalue weighted by molar-refractivity contribution is 0.629. The van der Waals surface area contributed by atoms with Crippen molar-refractivity contribution in [2.75, 3.05) is 11.9 Å². The lowest BCUT2D eigenvalue weighted by Crippen LogP contribution is -1.98. The molecule has 1 N–H and O–H groups in total. The van der Waals surface area contributed by atoms with Crippen LogP contribution in [0.25, 0.3) is 10.9 Å². The highest BCUT2D eigenvalue weighted by molar-refractivity contribution is 6.35. The van der Waals surface area contributed by atoms with E-state index in [-0.39, 0.29) is 5.82 Å². The molecule has 0 spiro atoms. The molecule has 0 aliphatic carbocycles. The van der Waals surface area contributed by atoms with E-state index in [1.165, 1.54) is 12.1 Å². The molecule has 1 heterocycles. The second kappa shape index (κ2) is 4.03. The Morgan fingerprint density at radius 2 is 2.27 bits per heavy atom. The SMILES string of the molecule is CCNc1ccnc2c(Cl)cc(F)cc12. The highest BCUT2D eigenvalue weighted by Crippen LogP contribution is 2.28. The van der Waals surface area contributed by atoms with Gasteiger partial charge in [0.25, 0.3) is 0 Å².